The van der Waals surface area contributed by atoms with E-state index in [2.05, 4.69) is 13.8 Å². The molecular formula is C17H25NO5. The van der Waals surface area contributed by atoms with Crippen LogP contribution in [0.4, 0.5) is 0 Å². The van der Waals surface area contributed by atoms with Crippen LogP contribution in [0.5, 0.6) is 17.2 Å². The van der Waals surface area contributed by atoms with Gasteiger partial charge >= 0.3 is 5.97 Å². The maximum Gasteiger partial charge on any atom is 0.339 e. The fourth-order valence-corrected chi connectivity index (χ4v) is 3.13. The molecule has 0 aliphatic carbocycles. The molecular weight excluding hydrogens is 298 g/mol. The maximum atomic E-state index is 12.1. The van der Waals surface area contributed by atoms with Gasteiger partial charge in [0.2, 0.25) is 5.75 Å². The Bertz CT molecular complexity index is 591. The van der Waals surface area contributed by atoms with Gasteiger partial charge in [-0.1, -0.05) is 39.5 Å². The molecule has 6 heteroatoms. The van der Waals surface area contributed by atoms with Gasteiger partial charge in [-0.2, -0.15) is 0 Å². The highest BCUT2D eigenvalue weighted by Gasteiger charge is 2.47. The van der Waals surface area contributed by atoms with Crippen LogP contribution in [-0.4, -0.2) is 26.8 Å². The number of fused-ring (bicyclic) bond motifs is 1. The zero-order valence-electron chi connectivity index (χ0n) is 13.6. The number of hydrogen-bond acceptors (Lipinski definition) is 6. The number of esters is 1. The van der Waals surface area contributed by atoms with Crippen molar-refractivity contribution in [1.29, 1.82) is 0 Å². The van der Waals surface area contributed by atoms with Crippen molar-refractivity contribution in [3.8, 4) is 17.2 Å². The number of carbonyl (C=O) groups excluding carboxylic acids is 1. The van der Waals surface area contributed by atoms with Crippen LogP contribution in [-0.2, 0) is 4.74 Å². The summed E-state index contributed by atoms with van der Waals surface area (Å²) in [4.78, 5) is 12.1. The summed E-state index contributed by atoms with van der Waals surface area (Å²) in [6.07, 6.45) is 4.10. The Morgan fingerprint density at radius 2 is 1.70 bits per heavy atom. The van der Waals surface area contributed by atoms with E-state index in [-0.39, 0.29) is 11.1 Å². The van der Waals surface area contributed by atoms with Gasteiger partial charge in [0, 0.05) is 0 Å². The second-order valence-electron chi connectivity index (χ2n) is 6.28. The minimum Gasteiger partial charge on any atom is -0.504 e. The highest BCUT2D eigenvalue weighted by atomic mass is 16.6. The van der Waals surface area contributed by atoms with E-state index in [9.17, 15) is 20.1 Å². The van der Waals surface area contributed by atoms with Crippen molar-refractivity contribution in [1.82, 2.24) is 0 Å². The van der Waals surface area contributed by atoms with Crippen molar-refractivity contribution in [3.05, 3.63) is 17.2 Å². The lowest BCUT2D eigenvalue weighted by atomic mass is 9.79. The van der Waals surface area contributed by atoms with Crippen LogP contribution in [0, 0.1) is 0 Å². The zero-order chi connectivity index (χ0) is 17.2. The summed E-state index contributed by atoms with van der Waals surface area (Å²) >= 11 is 0. The average molecular weight is 323 g/mol. The van der Waals surface area contributed by atoms with Crippen molar-refractivity contribution < 1.29 is 24.9 Å². The van der Waals surface area contributed by atoms with E-state index >= 15 is 0 Å². The maximum absolute atomic E-state index is 12.1. The summed E-state index contributed by atoms with van der Waals surface area (Å²) in [7, 11) is 0. The monoisotopic (exact) mass is 323 g/mol. The summed E-state index contributed by atoms with van der Waals surface area (Å²) in [6.45, 7) is 4.10. The second kappa shape index (κ2) is 6.66. The molecule has 1 aliphatic heterocycles. The van der Waals surface area contributed by atoms with E-state index in [4.69, 9.17) is 10.5 Å². The number of benzene rings is 1. The van der Waals surface area contributed by atoms with Crippen molar-refractivity contribution in [2.75, 3.05) is 0 Å². The third-order valence-corrected chi connectivity index (χ3v) is 4.51. The summed E-state index contributed by atoms with van der Waals surface area (Å²) in [6, 6.07) is 1.12. The fourth-order valence-electron chi connectivity index (χ4n) is 3.13. The quantitative estimate of drug-likeness (QED) is 0.453. The third kappa shape index (κ3) is 3.08. The van der Waals surface area contributed by atoms with E-state index in [0.717, 1.165) is 31.7 Å². The smallest absolute Gasteiger partial charge is 0.339 e. The van der Waals surface area contributed by atoms with Crippen LogP contribution in [0.25, 0.3) is 0 Å². The lowest BCUT2D eigenvalue weighted by Crippen LogP contribution is -2.46. The standard InChI is InChI=1S/C17H25NO5/c1-3-5-7-17(18,8-6-4-2)15-12-10(16(22)23-15)9-11(19)13(20)14(12)21/h9,15,19-21H,3-8,18H2,1-2H3. The first-order valence-electron chi connectivity index (χ1n) is 8.13. The number of ether oxygens (including phenoxy) is 1. The summed E-state index contributed by atoms with van der Waals surface area (Å²) in [5.41, 5.74) is 6.01. The lowest BCUT2D eigenvalue weighted by Gasteiger charge is -2.35. The Kier molecular flexibility index (Phi) is 5.04. The van der Waals surface area contributed by atoms with Gasteiger partial charge in [0.1, 0.15) is 6.10 Å². The predicted molar refractivity (Wildman–Crippen MR) is 85.6 cm³/mol. The van der Waals surface area contributed by atoms with Gasteiger partial charge in [-0.25, -0.2) is 4.79 Å². The van der Waals surface area contributed by atoms with Crippen LogP contribution < -0.4 is 5.73 Å². The van der Waals surface area contributed by atoms with E-state index in [0.29, 0.717) is 12.8 Å². The van der Waals surface area contributed by atoms with Crippen molar-refractivity contribution in [3.63, 3.8) is 0 Å². The third-order valence-electron chi connectivity index (χ3n) is 4.51. The Morgan fingerprint density at radius 1 is 1.13 bits per heavy atom. The van der Waals surface area contributed by atoms with Crippen LogP contribution >= 0.6 is 0 Å². The molecule has 1 unspecified atom stereocenters. The van der Waals surface area contributed by atoms with E-state index in [1.807, 2.05) is 0 Å². The number of cyclic esters (lactones) is 1. The Morgan fingerprint density at radius 3 is 2.22 bits per heavy atom. The minimum absolute atomic E-state index is 0.0608. The Balaban J connectivity index is 2.48. The molecule has 128 valence electrons. The summed E-state index contributed by atoms with van der Waals surface area (Å²) in [5.74, 6) is -2.37. The molecule has 1 aromatic rings. The number of unbranched alkanes of at least 4 members (excludes halogenated alkanes) is 2. The van der Waals surface area contributed by atoms with Gasteiger partial charge in [0.15, 0.2) is 11.5 Å². The molecule has 0 radical (unpaired) electrons. The van der Waals surface area contributed by atoms with Crippen LogP contribution in [0.15, 0.2) is 6.07 Å². The fraction of sp³-hybridized carbons (Fsp3) is 0.588. The average Bonchev–Trinajstić information content (AvgIpc) is 2.86. The summed E-state index contributed by atoms with van der Waals surface area (Å²) in [5, 5.41) is 29.6. The van der Waals surface area contributed by atoms with Gasteiger partial charge in [0.25, 0.3) is 0 Å². The molecule has 0 spiro atoms. The molecule has 2 rings (SSSR count). The zero-order valence-corrected chi connectivity index (χ0v) is 13.6. The first-order chi connectivity index (χ1) is 10.9. The first-order valence-corrected chi connectivity index (χ1v) is 8.13. The molecule has 0 aromatic heterocycles. The number of nitrogens with two attached hydrogens (primary N) is 1. The molecule has 0 bridgehead atoms. The van der Waals surface area contributed by atoms with Crippen LogP contribution in [0.2, 0.25) is 0 Å². The largest absolute Gasteiger partial charge is 0.504 e. The molecule has 5 N–H and O–H groups in total. The van der Waals surface area contributed by atoms with Gasteiger partial charge in [-0.15, -0.1) is 0 Å². The number of carbonyl (C=O) groups is 1. The lowest BCUT2D eigenvalue weighted by molar-refractivity contribution is 0.0113. The molecule has 0 fully saturated rings. The molecule has 6 nitrogen and oxygen atoms in total. The van der Waals surface area contributed by atoms with Gasteiger partial charge in [-0.05, 0) is 18.9 Å². The molecule has 1 heterocycles. The van der Waals surface area contributed by atoms with E-state index in [1.54, 1.807) is 0 Å². The van der Waals surface area contributed by atoms with Gasteiger partial charge in [0.05, 0.1) is 16.7 Å². The predicted octanol–water partition coefficient (Wildman–Crippen LogP) is 3.09. The first kappa shape index (κ1) is 17.4. The summed E-state index contributed by atoms with van der Waals surface area (Å²) < 4.78 is 5.44. The van der Waals surface area contributed by atoms with Crippen molar-refractivity contribution in [2.24, 2.45) is 5.73 Å². The molecule has 1 aliphatic rings. The molecule has 1 aromatic carbocycles. The van der Waals surface area contributed by atoms with E-state index < -0.39 is 34.9 Å². The Hall–Kier alpha value is -1.95. The minimum atomic E-state index is -0.824. The Labute approximate surface area is 135 Å². The number of rotatable bonds is 7. The van der Waals surface area contributed by atoms with Crippen LogP contribution in [0.1, 0.15) is 74.4 Å². The molecule has 0 saturated heterocycles. The highest BCUT2D eigenvalue weighted by molar-refractivity contribution is 5.96. The highest BCUT2D eigenvalue weighted by Crippen LogP contribution is 2.51. The van der Waals surface area contributed by atoms with Gasteiger partial charge in [-0.3, -0.25) is 0 Å². The van der Waals surface area contributed by atoms with E-state index in [1.165, 1.54) is 0 Å². The van der Waals surface area contributed by atoms with Crippen molar-refractivity contribution in [2.45, 2.75) is 64.0 Å². The topological polar surface area (TPSA) is 113 Å². The molecule has 0 amide bonds. The molecule has 0 saturated carbocycles. The SMILES string of the molecule is CCCCC(N)(CCCC)C1OC(=O)c2cc(O)c(O)c(O)c21. The number of phenolic OH excluding ortho intramolecular Hbond substituents is 3. The van der Waals surface area contributed by atoms with Crippen LogP contribution in [0.3, 0.4) is 0 Å². The number of aromatic hydroxyl groups is 3. The number of phenols is 3. The van der Waals surface area contributed by atoms with Crippen molar-refractivity contribution >= 4 is 5.97 Å². The molecule has 1 atom stereocenters. The molecule has 23 heavy (non-hydrogen) atoms. The second-order valence-corrected chi connectivity index (χ2v) is 6.28. The van der Waals surface area contributed by atoms with Gasteiger partial charge < -0.3 is 25.8 Å². The number of hydrogen-bond donors (Lipinski definition) is 4. The normalized spacial score (nSPS) is 17.2.